The number of phenols is 1. The minimum Gasteiger partial charge on any atom is -0.507 e. The summed E-state index contributed by atoms with van der Waals surface area (Å²) in [5.74, 6) is -0.867. The maximum atomic E-state index is 12.8. The highest BCUT2D eigenvalue weighted by molar-refractivity contribution is 6.15. The van der Waals surface area contributed by atoms with Crippen molar-refractivity contribution in [2.24, 2.45) is 5.92 Å². The fourth-order valence-electron chi connectivity index (χ4n) is 2.91. The first kappa shape index (κ1) is 20.5. The number of ketones is 1. The molecule has 0 aliphatic rings. The number of ether oxygens (including phenoxy) is 1. The van der Waals surface area contributed by atoms with E-state index in [9.17, 15) is 14.7 Å². The predicted molar refractivity (Wildman–Crippen MR) is 106 cm³/mol. The Labute approximate surface area is 160 Å². The van der Waals surface area contributed by atoms with E-state index in [1.54, 1.807) is 24.3 Å². The van der Waals surface area contributed by atoms with Gasteiger partial charge in [-0.1, -0.05) is 51.3 Å². The Kier molecular flexibility index (Phi) is 7.41. The summed E-state index contributed by atoms with van der Waals surface area (Å²) in [4.78, 5) is 25.4. The number of benzene rings is 2. The Morgan fingerprint density at radius 1 is 1.07 bits per heavy atom. The molecule has 5 nitrogen and oxygen atoms in total. The molecule has 0 aliphatic carbocycles. The highest BCUT2D eigenvalue weighted by atomic mass is 16.5. The molecule has 0 saturated carbocycles. The van der Waals surface area contributed by atoms with E-state index in [0.29, 0.717) is 18.2 Å². The lowest BCUT2D eigenvalue weighted by molar-refractivity contribution is 0.0426. The van der Waals surface area contributed by atoms with Crippen molar-refractivity contribution in [3.05, 3.63) is 59.2 Å². The van der Waals surface area contributed by atoms with Crippen molar-refractivity contribution in [2.45, 2.75) is 39.5 Å². The third-order valence-electron chi connectivity index (χ3n) is 4.65. The van der Waals surface area contributed by atoms with Gasteiger partial charge in [-0.15, -0.1) is 0 Å². The normalized spacial score (nSPS) is 11.8. The summed E-state index contributed by atoms with van der Waals surface area (Å²) in [6.07, 6.45) is 4.15. The lowest BCUT2D eigenvalue weighted by Gasteiger charge is -2.15. The molecule has 2 aromatic rings. The van der Waals surface area contributed by atoms with Crippen molar-refractivity contribution < 1.29 is 19.4 Å². The number of nitrogens with two attached hydrogens (primary N) is 1. The number of aromatic hydroxyl groups is 1. The number of unbranched alkanes of at least 4 members (excludes halogenated alkanes) is 1. The summed E-state index contributed by atoms with van der Waals surface area (Å²) in [7, 11) is 0. The van der Waals surface area contributed by atoms with Gasteiger partial charge in [-0.25, -0.2) is 4.79 Å². The summed E-state index contributed by atoms with van der Waals surface area (Å²) in [5.41, 5.74) is 6.46. The topological polar surface area (TPSA) is 89.6 Å². The second-order valence-electron chi connectivity index (χ2n) is 6.67. The third-order valence-corrected chi connectivity index (χ3v) is 4.65. The fraction of sp³-hybridized carbons (Fsp3) is 0.364. The van der Waals surface area contributed by atoms with Crippen LogP contribution in [0.5, 0.6) is 5.75 Å². The summed E-state index contributed by atoms with van der Waals surface area (Å²) in [5, 5.41) is 10.0. The monoisotopic (exact) mass is 369 g/mol. The number of anilines is 1. The molecular weight excluding hydrogens is 342 g/mol. The molecule has 0 aromatic heterocycles. The quantitative estimate of drug-likeness (QED) is 0.384. The van der Waals surface area contributed by atoms with E-state index in [2.05, 4.69) is 13.8 Å². The van der Waals surface area contributed by atoms with Gasteiger partial charge in [-0.05, 0) is 30.5 Å². The van der Waals surface area contributed by atoms with Crippen molar-refractivity contribution in [1.29, 1.82) is 0 Å². The number of carbonyl (C=O) groups is 2. The zero-order valence-electron chi connectivity index (χ0n) is 15.9. The molecule has 0 heterocycles. The summed E-state index contributed by atoms with van der Waals surface area (Å²) >= 11 is 0. The SMILES string of the molecule is CCCCC(CC)COC(=O)c1ccccc1C(=O)c1ccc(N)cc1O. The number of nitrogen functional groups attached to an aromatic ring is 1. The van der Waals surface area contributed by atoms with Crippen LogP contribution in [0.2, 0.25) is 0 Å². The van der Waals surface area contributed by atoms with Crippen molar-refractivity contribution in [1.82, 2.24) is 0 Å². The molecule has 0 aliphatic heterocycles. The van der Waals surface area contributed by atoms with Gasteiger partial charge in [-0.2, -0.15) is 0 Å². The number of rotatable bonds is 9. The molecule has 0 fully saturated rings. The van der Waals surface area contributed by atoms with E-state index in [1.807, 2.05) is 0 Å². The van der Waals surface area contributed by atoms with E-state index in [-0.39, 0.29) is 22.4 Å². The molecule has 0 bridgehead atoms. The second-order valence-corrected chi connectivity index (χ2v) is 6.67. The molecule has 0 spiro atoms. The molecule has 2 aromatic carbocycles. The highest BCUT2D eigenvalue weighted by Crippen LogP contribution is 2.25. The number of carbonyl (C=O) groups excluding carboxylic acids is 2. The number of phenolic OH excluding ortho intramolecular Hbond substituents is 1. The van der Waals surface area contributed by atoms with Crippen LogP contribution in [0.1, 0.15) is 65.8 Å². The molecule has 2 rings (SSSR count). The van der Waals surface area contributed by atoms with Gasteiger partial charge in [0.2, 0.25) is 0 Å². The average molecular weight is 369 g/mol. The second kappa shape index (κ2) is 9.76. The van der Waals surface area contributed by atoms with Crippen LogP contribution in [-0.4, -0.2) is 23.5 Å². The van der Waals surface area contributed by atoms with Crippen molar-refractivity contribution >= 4 is 17.4 Å². The Morgan fingerprint density at radius 3 is 2.41 bits per heavy atom. The van der Waals surface area contributed by atoms with Crippen LogP contribution in [-0.2, 0) is 4.74 Å². The standard InChI is InChI=1S/C22H27NO4/c1-3-5-8-15(4-2)14-27-22(26)18-10-7-6-9-17(18)21(25)19-12-11-16(23)13-20(19)24/h6-7,9-13,15,24H,3-5,8,14,23H2,1-2H3. The Morgan fingerprint density at radius 2 is 1.78 bits per heavy atom. The van der Waals surface area contributed by atoms with Crippen molar-refractivity contribution in [3.8, 4) is 5.75 Å². The van der Waals surface area contributed by atoms with Gasteiger partial charge in [0.05, 0.1) is 17.7 Å². The number of hydrogen-bond acceptors (Lipinski definition) is 5. The van der Waals surface area contributed by atoms with E-state index >= 15 is 0 Å². The minimum absolute atomic E-state index is 0.0961. The third kappa shape index (κ3) is 5.33. The average Bonchev–Trinajstić information content (AvgIpc) is 2.67. The Balaban J connectivity index is 2.19. The molecular formula is C22H27NO4. The van der Waals surface area contributed by atoms with Crippen LogP contribution in [0.4, 0.5) is 5.69 Å². The van der Waals surface area contributed by atoms with Crippen LogP contribution in [0.25, 0.3) is 0 Å². The van der Waals surface area contributed by atoms with E-state index in [1.165, 1.54) is 18.2 Å². The summed E-state index contributed by atoms with van der Waals surface area (Å²) in [6.45, 7) is 4.55. The maximum Gasteiger partial charge on any atom is 0.338 e. The van der Waals surface area contributed by atoms with Crippen LogP contribution >= 0.6 is 0 Å². The largest absolute Gasteiger partial charge is 0.507 e. The van der Waals surface area contributed by atoms with Gasteiger partial charge < -0.3 is 15.6 Å². The van der Waals surface area contributed by atoms with E-state index < -0.39 is 11.8 Å². The molecule has 1 atom stereocenters. The van der Waals surface area contributed by atoms with Crippen LogP contribution in [0.3, 0.4) is 0 Å². The van der Waals surface area contributed by atoms with Crippen LogP contribution in [0, 0.1) is 5.92 Å². The van der Waals surface area contributed by atoms with Gasteiger partial charge in [0.25, 0.3) is 0 Å². The minimum atomic E-state index is -0.524. The molecule has 5 heteroatoms. The summed E-state index contributed by atoms with van der Waals surface area (Å²) < 4.78 is 5.48. The van der Waals surface area contributed by atoms with Gasteiger partial charge in [0, 0.05) is 17.3 Å². The molecule has 0 radical (unpaired) electrons. The maximum absolute atomic E-state index is 12.8. The molecule has 3 N–H and O–H groups in total. The first-order valence-corrected chi connectivity index (χ1v) is 9.37. The van der Waals surface area contributed by atoms with Gasteiger partial charge in [-0.3, -0.25) is 4.79 Å². The van der Waals surface area contributed by atoms with Crippen molar-refractivity contribution in [2.75, 3.05) is 12.3 Å². The zero-order valence-corrected chi connectivity index (χ0v) is 15.9. The molecule has 1 unspecified atom stereocenters. The smallest absolute Gasteiger partial charge is 0.338 e. The zero-order chi connectivity index (χ0) is 19.8. The van der Waals surface area contributed by atoms with Crippen molar-refractivity contribution in [3.63, 3.8) is 0 Å². The predicted octanol–water partition coefficient (Wildman–Crippen LogP) is 4.58. The first-order valence-electron chi connectivity index (χ1n) is 9.37. The van der Waals surface area contributed by atoms with Gasteiger partial charge in [0.15, 0.2) is 5.78 Å². The Hall–Kier alpha value is -2.82. The molecule has 144 valence electrons. The highest BCUT2D eigenvalue weighted by Gasteiger charge is 2.22. The lowest BCUT2D eigenvalue weighted by Crippen LogP contribution is -2.17. The number of hydrogen-bond donors (Lipinski definition) is 2. The van der Waals surface area contributed by atoms with Crippen LogP contribution in [0.15, 0.2) is 42.5 Å². The summed E-state index contributed by atoms with van der Waals surface area (Å²) in [6, 6.07) is 10.8. The van der Waals surface area contributed by atoms with Gasteiger partial charge in [0.1, 0.15) is 5.75 Å². The molecule has 27 heavy (non-hydrogen) atoms. The van der Waals surface area contributed by atoms with Crippen LogP contribution < -0.4 is 5.73 Å². The van der Waals surface area contributed by atoms with E-state index in [4.69, 9.17) is 10.5 Å². The van der Waals surface area contributed by atoms with E-state index in [0.717, 1.165) is 25.7 Å². The molecule has 0 amide bonds. The fourth-order valence-corrected chi connectivity index (χ4v) is 2.91. The van der Waals surface area contributed by atoms with Gasteiger partial charge >= 0.3 is 5.97 Å². The lowest BCUT2D eigenvalue weighted by atomic mass is 9.97. The molecule has 0 saturated heterocycles. The Bertz CT molecular complexity index is 801. The number of esters is 1. The first-order chi connectivity index (χ1) is 13.0.